The molecular weight excluding hydrogens is 302 g/mol. The first-order valence-corrected chi connectivity index (χ1v) is 5.44. The van der Waals surface area contributed by atoms with E-state index >= 15 is 0 Å². The van der Waals surface area contributed by atoms with E-state index in [0.717, 1.165) is 14.2 Å². The van der Waals surface area contributed by atoms with Crippen molar-refractivity contribution < 1.29 is 69.8 Å². The van der Waals surface area contributed by atoms with E-state index in [0.29, 0.717) is 0 Å². The minimum absolute atomic E-state index is 0. The Balaban J connectivity index is 0. The van der Waals surface area contributed by atoms with Crippen molar-refractivity contribution in [1.82, 2.24) is 0 Å². The Hall–Kier alpha value is 2.13. The molecule has 0 fully saturated rings. The van der Waals surface area contributed by atoms with Gasteiger partial charge in [-0.05, 0) is 0 Å². The number of carbonyl (C=O) groups excluding carboxylic acids is 1. The first-order valence-electron chi connectivity index (χ1n) is 2.81. The minimum Gasteiger partial charge on any atom is -0.548 e. The molecule has 78 valence electrons. The Morgan fingerprint density at radius 2 is 1.64 bits per heavy atom. The van der Waals surface area contributed by atoms with E-state index in [1.807, 2.05) is 0 Å². The molecule has 0 atom stereocenters. The maximum absolute atomic E-state index is 11.2. The van der Waals surface area contributed by atoms with Gasteiger partial charge in [-0.1, -0.05) is 34.8 Å². The molecule has 0 aromatic rings. The van der Waals surface area contributed by atoms with Crippen LogP contribution in [-0.2, 0) is 18.4 Å². The third kappa shape index (κ3) is 6.65. The molecule has 0 aromatic heterocycles. The molecule has 0 aromatic carbocycles. The van der Waals surface area contributed by atoms with Crippen molar-refractivity contribution in [1.29, 1.82) is 0 Å². The van der Waals surface area contributed by atoms with Crippen molar-refractivity contribution in [3.63, 3.8) is 0 Å². The second kappa shape index (κ2) is 7.45. The van der Waals surface area contributed by atoms with Crippen LogP contribution in [0.5, 0.6) is 0 Å². The summed E-state index contributed by atoms with van der Waals surface area (Å²) in [7, 11) is -1.70. The smallest absolute Gasteiger partial charge is 0.548 e. The summed E-state index contributed by atoms with van der Waals surface area (Å²) in [5.41, 5.74) is 0. The second-order valence-electron chi connectivity index (χ2n) is 1.74. The number of amides is 1. The summed E-state index contributed by atoms with van der Waals surface area (Å²) in [6.45, 7) is 0. The number of hydrogen-bond donors (Lipinski definition) is 0. The van der Waals surface area contributed by atoms with Crippen LogP contribution in [0.3, 0.4) is 0 Å². The molecule has 0 rings (SSSR count). The largest absolute Gasteiger partial charge is 1.00 e. The summed E-state index contributed by atoms with van der Waals surface area (Å²) in [5, 5.41) is 2.99. The summed E-state index contributed by atoms with van der Waals surface area (Å²) in [4.78, 5) is 10.9. The van der Waals surface area contributed by atoms with Gasteiger partial charge in [0.1, 0.15) is 5.91 Å². The van der Waals surface area contributed by atoms with Crippen molar-refractivity contribution in [3.8, 4) is 0 Å². The van der Waals surface area contributed by atoms with Crippen LogP contribution in [0.25, 0.3) is 5.09 Å². The van der Waals surface area contributed by atoms with Crippen LogP contribution in [0.1, 0.15) is 0 Å². The topological polar surface area (TPSA) is 66.7 Å². The van der Waals surface area contributed by atoms with E-state index in [2.05, 4.69) is 14.1 Å². The van der Waals surface area contributed by atoms with Crippen LogP contribution in [0.15, 0.2) is 0 Å². The first kappa shape index (κ1) is 18.5. The molecule has 0 bridgehead atoms. The maximum atomic E-state index is 11.2. The Labute approximate surface area is 139 Å². The zero-order valence-electron chi connectivity index (χ0n) is 7.66. The molecule has 0 spiro atoms. The molecule has 5 nitrogen and oxygen atoms in total. The Morgan fingerprint density at radius 1 is 1.29 bits per heavy atom. The fourth-order valence-corrected chi connectivity index (χ4v) is 1.31. The zero-order valence-corrected chi connectivity index (χ0v) is 13.9. The SMILES string of the molecule is COP(=O)([N-]C(=O)C(Cl)(Cl)Cl)OC.[K+]. The summed E-state index contributed by atoms with van der Waals surface area (Å²) in [5.74, 6) is -1.20. The zero-order chi connectivity index (χ0) is 10.7. The molecule has 0 radical (unpaired) electrons. The number of halogens is 3. The summed E-state index contributed by atoms with van der Waals surface area (Å²) >= 11 is 15.5. The van der Waals surface area contributed by atoms with E-state index in [1.54, 1.807) is 0 Å². The average Bonchev–Trinajstić information content (AvgIpc) is 2.02. The van der Waals surface area contributed by atoms with Crippen LogP contribution in [0, 0.1) is 0 Å². The third-order valence-electron chi connectivity index (χ3n) is 0.917. The summed E-state index contributed by atoms with van der Waals surface area (Å²) in [6, 6.07) is 0. The van der Waals surface area contributed by atoms with Crippen LogP contribution in [0.2, 0.25) is 0 Å². The van der Waals surface area contributed by atoms with E-state index in [4.69, 9.17) is 34.8 Å². The maximum Gasteiger partial charge on any atom is 1.00 e. The van der Waals surface area contributed by atoms with Gasteiger partial charge < -0.3 is 18.9 Å². The molecule has 0 saturated carbocycles. The first-order chi connectivity index (χ1) is 5.75. The van der Waals surface area contributed by atoms with Crippen molar-refractivity contribution >= 4 is 48.5 Å². The van der Waals surface area contributed by atoms with Crippen LogP contribution in [0.4, 0.5) is 0 Å². The molecule has 1 amide bonds. The number of alkyl halides is 3. The Bertz CT molecular complexity index is 237. The van der Waals surface area contributed by atoms with Gasteiger partial charge in [0.2, 0.25) is 3.79 Å². The monoisotopic (exact) mass is 307 g/mol. The molecule has 0 aliphatic carbocycles. The van der Waals surface area contributed by atoms with E-state index in [9.17, 15) is 9.36 Å². The van der Waals surface area contributed by atoms with Gasteiger partial charge >= 0.3 is 51.4 Å². The molecule has 0 N–H and O–H groups in total. The van der Waals surface area contributed by atoms with Gasteiger partial charge in [0, 0.05) is 14.2 Å². The molecule has 14 heavy (non-hydrogen) atoms. The quantitative estimate of drug-likeness (QED) is 0.406. The average molecular weight is 309 g/mol. The molecular formula is C4H6Cl3KNO4P. The van der Waals surface area contributed by atoms with Gasteiger partial charge in [-0.25, -0.2) is 0 Å². The van der Waals surface area contributed by atoms with E-state index in [1.165, 1.54) is 0 Å². The molecule has 0 saturated heterocycles. The Morgan fingerprint density at radius 3 is 1.86 bits per heavy atom. The fourth-order valence-electron chi connectivity index (χ4n) is 0.324. The number of carbonyl (C=O) groups is 1. The molecule has 10 heteroatoms. The minimum atomic E-state index is -3.81. The second-order valence-corrected chi connectivity index (χ2v) is 5.89. The van der Waals surface area contributed by atoms with E-state index < -0.39 is 17.4 Å². The normalized spacial score (nSPS) is 11.8. The Kier molecular flexibility index (Phi) is 9.84. The molecule has 0 aliphatic rings. The van der Waals surface area contributed by atoms with Gasteiger partial charge in [-0.2, -0.15) is 0 Å². The van der Waals surface area contributed by atoms with Crippen molar-refractivity contribution in [3.05, 3.63) is 5.09 Å². The molecule has 0 aliphatic heterocycles. The van der Waals surface area contributed by atoms with Crippen molar-refractivity contribution in [2.75, 3.05) is 14.2 Å². The van der Waals surface area contributed by atoms with Gasteiger partial charge in [0.25, 0.3) is 7.75 Å². The van der Waals surface area contributed by atoms with Crippen molar-refractivity contribution in [2.45, 2.75) is 3.79 Å². The standard InChI is InChI=1S/C4H7Cl3NO4P.K/c1-11-13(10,12-2)8-3(9)4(5,6)7;/h1-2H3,(H,8,9,10);/q;+1/p-1. The summed E-state index contributed by atoms with van der Waals surface area (Å²) in [6.07, 6.45) is 0. The predicted octanol–water partition coefficient (Wildman–Crippen LogP) is -0.338. The van der Waals surface area contributed by atoms with E-state index in [-0.39, 0.29) is 51.4 Å². The predicted molar refractivity (Wildman–Crippen MR) is 50.3 cm³/mol. The number of rotatable bonds is 3. The van der Waals surface area contributed by atoms with Crippen LogP contribution in [-0.4, -0.2) is 23.9 Å². The van der Waals surface area contributed by atoms with Crippen LogP contribution < -0.4 is 51.4 Å². The third-order valence-corrected chi connectivity index (χ3v) is 2.75. The van der Waals surface area contributed by atoms with Gasteiger partial charge in [-0.15, -0.1) is 0 Å². The molecule has 0 heterocycles. The van der Waals surface area contributed by atoms with Gasteiger partial charge in [-0.3, -0.25) is 4.57 Å². The van der Waals surface area contributed by atoms with Crippen molar-refractivity contribution in [2.24, 2.45) is 0 Å². The van der Waals surface area contributed by atoms with Crippen LogP contribution >= 0.6 is 42.5 Å². The van der Waals surface area contributed by atoms with Gasteiger partial charge in [0.15, 0.2) is 0 Å². The summed E-state index contributed by atoms with van der Waals surface area (Å²) < 4.78 is 17.6. The number of hydrogen-bond acceptors (Lipinski definition) is 4. The fraction of sp³-hybridized carbons (Fsp3) is 0.750. The van der Waals surface area contributed by atoms with Gasteiger partial charge in [0.05, 0.1) is 0 Å². The number of nitrogens with zero attached hydrogens (tertiary/aromatic N) is 1. The molecule has 0 unspecified atom stereocenters.